The summed E-state index contributed by atoms with van der Waals surface area (Å²) in [6.07, 6.45) is 4.39. The molecule has 5 heteroatoms. The third-order valence-corrected chi connectivity index (χ3v) is 5.47. The van der Waals surface area contributed by atoms with E-state index in [1.165, 1.54) is 5.56 Å². The molecule has 1 amide bonds. The van der Waals surface area contributed by atoms with Gasteiger partial charge in [-0.2, -0.15) is 0 Å². The molecule has 1 aliphatic rings. The van der Waals surface area contributed by atoms with E-state index in [0.717, 1.165) is 31.4 Å². The normalized spacial score (nSPS) is 15.5. The Bertz CT molecular complexity index is 785. The fourth-order valence-electron chi connectivity index (χ4n) is 3.77. The van der Waals surface area contributed by atoms with Crippen LogP contribution in [0.15, 0.2) is 42.5 Å². The molecule has 0 unspecified atom stereocenters. The molecule has 0 bridgehead atoms. The maximum atomic E-state index is 12.5. The van der Waals surface area contributed by atoms with Crippen molar-refractivity contribution in [3.63, 3.8) is 0 Å². The number of hydrogen-bond acceptors (Lipinski definition) is 3. The van der Waals surface area contributed by atoms with Crippen molar-refractivity contribution >= 4 is 17.5 Å². The summed E-state index contributed by atoms with van der Waals surface area (Å²) in [5, 5.41) is 3.67. The summed E-state index contributed by atoms with van der Waals surface area (Å²) in [7, 11) is 3.28. The van der Waals surface area contributed by atoms with E-state index in [1.54, 1.807) is 38.5 Å². The van der Waals surface area contributed by atoms with E-state index in [1.807, 2.05) is 12.1 Å². The van der Waals surface area contributed by atoms with Gasteiger partial charge in [-0.15, -0.1) is 0 Å². The molecule has 1 N–H and O–H groups in total. The largest absolute Gasteiger partial charge is 0.493 e. The van der Waals surface area contributed by atoms with Gasteiger partial charge in [0, 0.05) is 22.5 Å². The van der Waals surface area contributed by atoms with Crippen molar-refractivity contribution in [2.45, 2.75) is 31.1 Å². The van der Waals surface area contributed by atoms with E-state index in [2.05, 4.69) is 11.4 Å². The molecule has 0 saturated heterocycles. The molecule has 26 heavy (non-hydrogen) atoms. The smallest absolute Gasteiger partial charge is 0.251 e. The highest BCUT2D eigenvalue weighted by Crippen LogP contribution is 2.43. The summed E-state index contributed by atoms with van der Waals surface area (Å²) in [6.45, 7) is 0.591. The Morgan fingerprint density at radius 3 is 2.46 bits per heavy atom. The molecule has 0 radical (unpaired) electrons. The number of nitrogens with one attached hydrogen (secondary N) is 1. The molecule has 1 saturated carbocycles. The van der Waals surface area contributed by atoms with E-state index < -0.39 is 0 Å². The molecule has 4 nitrogen and oxygen atoms in total. The van der Waals surface area contributed by atoms with Crippen LogP contribution in [0.25, 0.3) is 0 Å². The summed E-state index contributed by atoms with van der Waals surface area (Å²) < 4.78 is 10.8. The quantitative estimate of drug-likeness (QED) is 0.805. The van der Waals surface area contributed by atoms with Gasteiger partial charge in [-0.1, -0.05) is 36.6 Å². The summed E-state index contributed by atoms with van der Waals surface area (Å²) in [5.41, 5.74) is 1.69. The molecular formula is C21H24ClNO3. The van der Waals surface area contributed by atoms with Crippen molar-refractivity contribution in [1.82, 2.24) is 5.32 Å². The minimum atomic E-state index is -0.0979. The van der Waals surface area contributed by atoms with Gasteiger partial charge in [0.15, 0.2) is 11.5 Å². The zero-order valence-corrected chi connectivity index (χ0v) is 15.9. The van der Waals surface area contributed by atoms with Crippen LogP contribution in [0.4, 0.5) is 0 Å². The van der Waals surface area contributed by atoms with E-state index in [-0.39, 0.29) is 11.3 Å². The first-order valence-corrected chi connectivity index (χ1v) is 9.22. The van der Waals surface area contributed by atoms with Gasteiger partial charge in [0.1, 0.15) is 0 Å². The third kappa shape index (κ3) is 3.80. The Balaban J connectivity index is 1.81. The van der Waals surface area contributed by atoms with Crippen molar-refractivity contribution in [2.75, 3.05) is 20.8 Å². The Labute approximate surface area is 159 Å². The number of methoxy groups -OCH3 is 2. The second-order valence-corrected chi connectivity index (χ2v) is 7.19. The lowest BCUT2D eigenvalue weighted by Gasteiger charge is -2.30. The topological polar surface area (TPSA) is 47.6 Å². The summed E-state index contributed by atoms with van der Waals surface area (Å²) in [5.74, 6) is 1.34. The highest BCUT2D eigenvalue weighted by Gasteiger charge is 2.36. The van der Waals surface area contributed by atoms with Crippen LogP contribution in [0.5, 0.6) is 11.5 Å². The van der Waals surface area contributed by atoms with Crippen molar-refractivity contribution in [2.24, 2.45) is 0 Å². The average molecular weight is 374 g/mol. The van der Waals surface area contributed by atoms with Gasteiger partial charge in [-0.3, -0.25) is 4.79 Å². The molecule has 2 aromatic carbocycles. The van der Waals surface area contributed by atoms with E-state index in [9.17, 15) is 4.79 Å². The van der Waals surface area contributed by atoms with Crippen LogP contribution in [-0.2, 0) is 5.41 Å². The van der Waals surface area contributed by atoms with Crippen LogP contribution < -0.4 is 14.8 Å². The van der Waals surface area contributed by atoms with Crippen LogP contribution in [0.2, 0.25) is 5.02 Å². The molecule has 0 spiro atoms. The predicted molar refractivity (Wildman–Crippen MR) is 103 cm³/mol. The van der Waals surface area contributed by atoms with Gasteiger partial charge in [0.25, 0.3) is 5.91 Å². The fraction of sp³-hybridized carbons (Fsp3) is 0.381. The van der Waals surface area contributed by atoms with Crippen LogP contribution in [-0.4, -0.2) is 26.7 Å². The standard InChI is InChI=1S/C21H24ClNO3/c1-25-18-9-8-16(13-19(18)26-2)21(10-3-4-11-21)14-23-20(24)15-6-5-7-17(22)12-15/h5-9,12-13H,3-4,10-11,14H2,1-2H3,(H,23,24). The van der Waals surface area contributed by atoms with Crippen molar-refractivity contribution < 1.29 is 14.3 Å². The summed E-state index contributed by atoms with van der Waals surface area (Å²) in [6, 6.07) is 13.1. The molecule has 0 aromatic heterocycles. The van der Waals surface area contributed by atoms with Crippen LogP contribution in [0, 0.1) is 0 Å². The van der Waals surface area contributed by atoms with E-state index in [0.29, 0.717) is 22.9 Å². The van der Waals surface area contributed by atoms with Crippen molar-refractivity contribution in [3.8, 4) is 11.5 Å². The summed E-state index contributed by atoms with van der Waals surface area (Å²) in [4.78, 5) is 12.5. The highest BCUT2D eigenvalue weighted by atomic mass is 35.5. The van der Waals surface area contributed by atoms with Crippen LogP contribution in [0.3, 0.4) is 0 Å². The molecule has 0 heterocycles. The lowest BCUT2D eigenvalue weighted by atomic mass is 9.78. The zero-order chi connectivity index (χ0) is 18.6. The van der Waals surface area contributed by atoms with Gasteiger partial charge in [-0.05, 0) is 48.7 Å². The molecule has 0 aliphatic heterocycles. The second-order valence-electron chi connectivity index (χ2n) is 6.75. The molecule has 1 aliphatic carbocycles. The minimum Gasteiger partial charge on any atom is -0.493 e. The van der Waals surface area contributed by atoms with Crippen LogP contribution in [0.1, 0.15) is 41.6 Å². The molecule has 138 valence electrons. The van der Waals surface area contributed by atoms with Crippen LogP contribution >= 0.6 is 11.6 Å². The Morgan fingerprint density at radius 2 is 1.81 bits per heavy atom. The van der Waals surface area contributed by atoms with Crippen molar-refractivity contribution in [3.05, 3.63) is 58.6 Å². The second kappa shape index (κ2) is 8.00. The zero-order valence-electron chi connectivity index (χ0n) is 15.2. The lowest BCUT2D eigenvalue weighted by molar-refractivity contribution is 0.0943. The fourth-order valence-corrected chi connectivity index (χ4v) is 3.96. The molecule has 1 fully saturated rings. The first-order valence-electron chi connectivity index (χ1n) is 8.84. The third-order valence-electron chi connectivity index (χ3n) is 5.23. The number of hydrogen-bond donors (Lipinski definition) is 1. The molecule has 3 rings (SSSR count). The Kier molecular flexibility index (Phi) is 5.72. The maximum Gasteiger partial charge on any atom is 0.251 e. The van der Waals surface area contributed by atoms with Gasteiger partial charge >= 0.3 is 0 Å². The first-order chi connectivity index (χ1) is 12.6. The first kappa shape index (κ1) is 18.6. The monoisotopic (exact) mass is 373 g/mol. The van der Waals surface area contributed by atoms with Crippen molar-refractivity contribution in [1.29, 1.82) is 0 Å². The number of carbonyl (C=O) groups is 1. The van der Waals surface area contributed by atoms with E-state index >= 15 is 0 Å². The van der Waals surface area contributed by atoms with Gasteiger partial charge < -0.3 is 14.8 Å². The number of carbonyl (C=O) groups excluding carboxylic acids is 1. The number of rotatable bonds is 6. The van der Waals surface area contributed by atoms with Gasteiger partial charge in [0.2, 0.25) is 0 Å². The average Bonchev–Trinajstić information content (AvgIpc) is 3.15. The Hall–Kier alpha value is -2.20. The Morgan fingerprint density at radius 1 is 1.08 bits per heavy atom. The molecule has 2 aromatic rings. The highest BCUT2D eigenvalue weighted by molar-refractivity contribution is 6.30. The van der Waals surface area contributed by atoms with Gasteiger partial charge in [-0.25, -0.2) is 0 Å². The predicted octanol–water partition coefficient (Wildman–Crippen LogP) is 4.60. The minimum absolute atomic E-state index is 0.0756. The molecular weight excluding hydrogens is 350 g/mol. The number of benzene rings is 2. The number of amides is 1. The number of ether oxygens (including phenoxy) is 2. The lowest BCUT2D eigenvalue weighted by Crippen LogP contribution is -2.39. The van der Waals surface area contributed by atoms with E-state index in [4.69, 9.17) is 21.1 Å². The summed E-state index contributed by atoms with van der Waals surface area (Å²) >= 11 is 6.00. The van der Waals surface area contributed by atoms with Gasteiger partial charge in [0.05, 0.1) is 14.2 Å². The molecule has 0 atom stereocenters. The maximum absolute atomic E-state index is 12.5. The SMILES string of the molecule is COc1ccc(C2(CNC(=O)c3cccc(Cl)c3)CCCC2)cc1OC. The number of halogens is 1.